The topological polar surface area (TPSA) is 812 Å². The number of fused-ring (bicyclic) bond motifs is 4. The van der Waals surface area contributed by atoms with Gasteiger partial charge >= 0.3 is 60.7 Å². The molecule has 4 saturated heterocycles. The Morgan fingerprint density at radius 1 is 0.407 bits per heavy atom. The van der Waals surface area contributed by atoms with Gasteiger partial charge in [0.25, 0.3) is 0 Å². The first-order valence-corrected chi connectivity index (χ1v) is 51.3. The van der Waals surface area contributed by atoms with Crippen molar-refractivity contribution < 1.29 is 178 Å². The van der Waals surface area contributed by atoms with Crippen LogP contribution in [0, 0.1) is 0 Å². The molecule has 14 rings (SSSR count). The number of imidazole rings is 4. The molecule has 0 radical (unpaired) electrons. The largest absolute Gasteiger partial charge is 0.527 e. The number of anilines is 8. The van der Waals surface area contributed by atoms with Gasteiger partial charge in [-0.15, -0.1) is 0 Å². The van der Waals surface area contributed by atoms with Gasteiger partial charge in [0.15, 0.2) is 116 Å². The van der Waals surface area contributed by atoms with E-state index >= 15 is 17.6 Å². The van der Waals surface area contributed by atoms with Crippen LogP contribution in [0.2, 0.25) is 0 Å². The maximum atomic E-state index is 16.0. The minimum Gasteiger partial charge on any atom is -0.462 e. The van der Waals surface area contributed by atoms with Gasteiger partial charge in [0.05, 0.1) is 57.8 Å². The van der Waals surface area contributed by atoms with Crippen molar-refractivity contribution in [1.82, 2.24) is 83.2 Å². The second-order valence-corrected chi connectivity index (χ2v) is 43.2. The summed E-state index contributed by atoms with van der Waals surface area (Å²) < 4.78 is 219. The van der Waals surface area contributed by atoms with E-state index in [9.17, 15) is 76.7 Å². The second kappa shape index (κ2) is 42.4. The number of phosphoric ester groups is 3. The van der Waals surface area contributed by atoms with E-state index in [1.54, 1.807) is 138 Å². The number of nitrogens with one attached hydrogen (secondary N) is 1. The van der Waals surface area contributed by atoms with Crippen molar-refractivity contribution in [2.24, 2.45) is 0 Å². The molecule has 0 aliphatic carbocycles. The van der Waals surface area contributed by atoms with Crippen LogP contribution < -0.4 is 56.7 Å². The Labute approximate surface area is 789 Å². The molecule has 4 aliphatic heterocycles. The predicted molar refractivity (Wildman–Crippen MR) is 480 cm³/mol. The van der Waals surface area contributed by atoms with Gasteiger partial charge < -0.3 is 130 Å². The molecule has 2 aromatic carbocycles. The second-order valence-electron chi connectivity index (χ2n) is 32.9. The van der Waals surface area contributed by atoms with Gasteiger partial charge in [-0.3, -0.25) is 46.1 Å². The lowest BCUT2D eigenvalue weighted by atomic mass is 9.98. The average molecular weight is 2130 g/mol. The first-order valence-electron chi connectivity index (χ1n) is 40.7. The average Bonchev–Trinajstić information content (AvgIpc) is 1.60. The van der Waals surface area contributed by atoms with Gasteiger partial charge in [-0.25, -0.2) is 69.5 Å². The van der Waals surface area contributed by atoms with Crippen molar-refractivity contribution >= 4 is 152 Å². The number of hydrogen-bond donors (Lipinski definition) is 17. The van der Waals surface area contributed by atoms with Crippen LogP contribution in [0.5, 0.6) is 11.5 Å². The van der Waals surface area contributed by atoms with E-state index in [2.05, 4.69) is 86.9 Å². The third-order valence-electron chi connectivity index (χ3n) is 20.5. The van der Waals surface area contributed by atoms with Gasteiger partial charge in [0.2, 0.25) is 23.8 Å². The zero-order valence-corrected chi connectivity index (χ0v) is 82.5. The maximum Gasteiger partial charge on any atom is 0.527 e. The van der Waals surface area contributed by atoms with Gasteiger partial charge in [0.1, 0.15) is 66.4 Å². The minimum atomic E-state index is -5.76. The molecule has 774 valence electrons. The summed E-state index contributed by atoms with van der Waals surface area (Å²) in [5.41, 5.74) is 15.2. The van der Waals surface area contributed by atoms with Gasteiger partial charge in [-0.2, -0.15) is 57.9 Å². The van der Waals surface area contributed by atoms with E-state index < -0.39 is 196 Å². The lowest BCUT2D eigenvalue weighted by Gasteiger charge is -2.25. The molecular formula is C70H102F4N25O34P7. The number of nitrogen functional groups attached to an aromatic ring is 4. The van der Waals surface area contributed by atoms with Crippen LogP contribution in [-0.2, 0) is 91.5 Å². The molecule has 0 amide bonds. The Bertz CT molecular complexity index is 6460. The zero-order chi connectivity index (χ0) is 104. The molecular weight excluding hydrogens is 2030 g/mol. The molecule has 0 bridgehead atoms. The molecule has 8 aromatic heterocycles. The lowest BCUT2D eigenvalue weighted by Crippen LogP contribution is -2.41. The monoisotopic (exact) mass is 2130 g/mol. The van der Waals surface area contributed by atoms with Crippen LogP contribution in [0.3, 0.4) is 0 Å². The fourth-order valence-electron chi connectivity index (χ4n) is 14.1. The van der Waals surface area contributed by atoms with Gasteiger partial charge in [-0.1, -0.05) is 36.4 Å². The Morgan fingerprint density at radius 2 is 0.664 bits per heavy atom. The Kier molecular flexibility index (Phi) is 33.6. The van der Waals surface area contributed by atoms with Crippen molar-refractivity contribution in [2.75, 3.05) is 125 Å². The van der Waals surface area contributed by atoms with Crippen LogP contribution in [0.25, 0.3) is 44.7 Å². The van der Waals surface area contributed by atoms with Crippen molar-refractivity contribution in [1.29, 1.82) is 0 Å². The molecule has 12 heterocycles. The van der Waals surface area contributed by atoms with E-state index in [1.165, 1.54) is 51.7 Å². The number of aliphatic hydroxyl groups is 4. The van der Waals surface area contributed by atoms with E-state index in [1.807, 2.05) is 0 Å². The van der Waals surface area contributed by atoms with Crippen LogP contribution in [-0.4, -0.2) is 310 Å². The summed E-state index contributed by atoms with van der Waals surface area (Å²) in [5.74, 6) is 0.748. The number of rotatable bonds is 34. The predicted octanol–water partition coefficient (Wildman–Crippen LogP) is 3.74. The molecule has 21 N–H and O–H groups in total. The summed E-state index contributed by atoms with van der Waals surface area (Å²) in [6.45, 7) is 5.93. The molecule has 0 spiro atoms. The molecule has 4 aliphatic rings. The van der Waals surface area contributed by atoms with Gasteiger partial charge in [-0.05, 0) is 72.7 Å². The number of halogens is 4. The summed E-state index contributed by atoms with van der Waals surface area (Å²) in [4.78, 5) is 141. The normalized spacial score (nSPS) is 27.1. The third-order valence-corrected chi connectivity index (χ3v) is 29.0. The van der Waals surface area contributed by atoms with Crippen molar-refractivity contribution in [3.63, 3.8) is 0 Å². The molecule has 59 nitrogen and oxygen atoms in total. The van der Waals surface area contributed by atoms with E-state index in [4.69, 9.17) is 84.3 Å². The number of para-hydroxylation sites is 2. The summed E-state index contributed by atoms with van der Waals surface area (Å²) in [7, 11) is -22.6. The molecule has 70 heteroatoms. The number of alkyl halides is 4. The number of benzene rings is 2. The van der Waals surface area contributed by atoms with E-state index in [0.717, 1.165) is 38.6 Å². The number of esters is 1. The standard InChI is InChI=1S/C25H35FN7O7P.C19H24FN6O6P.C13H22FN6O12P3.C13H21FN6O9P2/c1-14(2)38-22(35)15(3)31-41(36,40-16-10-8-7-9-11-16)37-12-17-19(34)25(4,26)23(39-17)33-13-28-18-20(32(5)6)29-24(27)30-21(18)33;1-19(20)14(27)12(9-30-33(28,29)32-11-7-5-4-6-8-11)31-17(19)26-10-22-13-15(25(2)3)23-18(21)24-16(13)26;1-13(14)8(21)6(4-29-34(25,26)32-35(27,28)31-33(22,23)24)30-11(13)20-5-16-7-9(19(2)3)17-12(15)18-10(7)20;1-13(14)8(21)6(4-27-31(25,26)29-30(22,23)24)28-11(13)20-5-16-7-9(19(2)3)17-12(15)18-10(7)20/h7-11,13-15,17,19,23,34H,12H2,1-6H3,(H,31,36)(H2,27,29,30);4-8,10,12,14,17,27H,9H2,1-3H3,(H,28,29)(H2,21,23,24);5-6,8,11,21H,4H2,1-3H3,(H,25,26)(H,27,28)(H2,15,17,18)(H2,22,23,24);5-6,8,11,21H,4H2,1-3H3,(H,25,26)(H2,15,17,18)(H2,22,23,24)/t15-,17+,19+,23+,25+,41-;12-,14-,17-,19-;2*6-,8-,11-,13-/m0111/s1. The summed E-state index contributed by atoms with van der Waals surface area (Å²) in [6.07, 6.45) is -14.3. The number of ether oxygens (including phenoxy) is 5. The number of aromatic nitrogens is 16. The highest BCUT2D eigenvalue weighted by molar-refractivity contribution is 7.66. The quantitative estimate of drug-likeness (QED) is 0.0155. The van der Waals surface area contributed by atoms with E-state index in [0.29, 0.717) is 34.3 Å². The van der Waals surface area contributed by atoms with Crippen molar-refractivity contribution in [2.45, 2.75) is 157 Å². The molecule has 4 fully saturated rings. The first kappa shape index (κ1) is 111. The van der Waals surface area contributed by atoms with Crippen molar-refractivity contribution in [3.8, 4) is 11.5 Å². The highest BCUT2D eigenvalue weighted by atomic mass is 31.3. The maximum absolute atomic E-state index is 16.0. The minimum absolute atomic E-state index is 0.0498. The zero-order valence-electron chi connectivity index (χ0n) is 76.2. The van der Waals surface area contributed by atoms with Crippen LogP contribution in [0.1, 0.15) is 73.4 Å². The van der Waals surface area contributed by atoms with Crippen LogP contribution in [0.4, 0.5) is 64.6 Å². The van der Waals surface area contributed by atoms with Crippen molar-refractivity contribution in [3.05, 3.63) is 86.0 Å². The smallest absolute Gasteiger partial charge is 0.462 e. The molecule has 22 atom stereocenters. The number of phosphoric acid groups is 6. The number of carbonyl (C=O) groups is 1. The highest BCUT2D eigenvalue weighted by Crippen LogP contribution is 2.67. The SMILES string of the molecule is CC(C)OC(=O)[C@H](C)N[P@](=O)(OC[C@H]1O[C@@H](n2cnc3c(N(C)C)nc(N)nc32)[C@](C)(F)[C@@H]1O)Oc1ccccc1.CN(C)c1nc(N)nc2c1ncn2[C@@H]1O[C@H](COP(=O)(O)OP(=O)(O)O)[C@@H](O)[C@@]1(C)F.CN(C)c1nc(N)nc2c1ncn2[C@@H]1O[C@H](COP(=O)(O)OP(=O)(O)OP(=O)(O)O)[C@@H](O)[C@@]1(C)F.CN(C)c1nc(N)nc2c1ncn2[C@@H]1O[C@H](COP(=O)(O)Oc2ccccc2)[C@@H](O)[C@@]1(C)F. The molecule has 140 heavy (non-hydrogen) atoms. The Balaban J connectivity index is 0.000000180. The van der Waals surface area contributed by atoms with Crippen LogP contribution >= 0.6 is 54.7 Å². The lowest BCUT2D eigenvalue weighted by molar-refractivity contribution is -0.149. The Hall–Kier alpha value is -9.52. The molecule has 0 saturated carbocycles. The summed E-state index contributed by atoms with van der Waals surface area (Å²) in [5, 5.41) is 44.8. The van der Waals surface area contributed by atoms with Gasteiger partial charge in [0, 0.05) is 56.4 Å². The molecule has 4 unspecified atom stereocenters. The summed E-state index contributed by atoms with van der Waals surface area (Å²) >= 11 is 0. The third kappa shape index (κ3) is 26.0. The number of aliphatic hydroxyl groups excluding tert-OH is 4. The number of nitrogens with two attached hydrogens (primary N) is 4. The number of carbonyl (C=O) groups excluding carboxylic acids is 1. The number of nitrogens with zero attached hydrogens (tertiary/aromatic N) is 20. The Morgan fingerprint density at radius 3 is 0.936 bits per heavy atom. The van der Waals surface area contributed by atoms with E-state index in [-0.39, 0.29) is 68.9 Å². The highest BCUT2D eigenvalue weighted by Gasteiger charge is 2.61. The first-order chi connectivity index (χ1) is 64.7. The molecule has 10 aromatic rings. The fourth-order valence-corrected chi connectivity index (χ4v) is 21.0. The fraction of sp³-hybridized carbons (Fsp3) is 0.529. The number of hydrogen-bond acceptors (Lipinski definition) is 46. The van der Waals surface area contributed by atoms with Crippen LogP contribution in [0.15, 0.2) is 86.0 Å². The summed E-state index contributed by atoms with van der Waals surface area (Å²) in [6, 6.07) is 14.9.